The van der Waals surface area contributed by atoms with Crippen LogP contribution in [-0.2, 0) is 6.42 Å². The molecule has 0 spiro atoms. The number of carbonyl (C=O) groups is 1. The predicted octanol–water partition coefficient (Wildman–Crippen LogP) is 3.80. The van der Waals surface area contributed by atoms with Crippen molar-refractivity contribution in [3.63, 3.8) is 0 Å². The lowest BCUT2D eigenvalue weighted by Crippen LogP contribution is -2.02. The zero-order chi connectivity index (χ0) is 13.8. The Morgan fingerprint density at radius 1 is 1.11 bits per heavy atom. The van der Waals surface area contributed by atoms with Gasteiger partial charge in [0.05, 0.1) is 7.11 Å². The third kappa shape index (κ3) is 2.84. The SMILES string of the molecule is CCc1cccc(C(=O)c2ccc(OC)c(C)c2)c1. The molecule has 0 amide bonds. The molecular weight excluding hydrogens is 236 g/mol. The van der Waals surface area contributed by atoms with E-state index in [0.717, 1.165) is 23.3 Å². The molecule has 2 aromatic rings. The highest BCUT2D eigenvalue weighted by molar-refractivity contribution is 6.09. The molecule has 2 nitrogen and oxygen atoms in total. The summed E-state index contributed by atoms with van der Waals surface area (Å²) in [6.45, 7) is 4.03. The minimum atomic E-state index is 0.0565. The maximum Gasteiger partial charge on any atom is 0.193 e. The van der Waals surface area contributed by atoms with Gasteiger partial charge in [-0.2, -0.15) is 0 Å². The summed E-state index contributed by atoms with van der Waals surface area (Å²) < 4.78 is 5.21. The third-order valence-corrected chi connectivity index (χ3v) is 3.25. The molecule has 0 fully saturated rings. The Kier molecular flexibility index (Phi) is 4.00. The van der Waals surface area contributed by atoms with Crippen LogP contribution in [0.3, 0.4) is 0 Å². The molecule has 2 rings (SSSR count). The number of ketones is 1. The number of carbonyl (C=O) groups excluding carboxylic acids is 1. The molecule has 2 aromatic carbocycles. The molecule has 0 aliphatic carbocycles. The maximum atomic E-state index is 12.4. The second-order valence-electron chi connectivity index (χ2n) is 4.57. The topological polar surface area (TPSA) is 26.3 Å². The average molecular weight is 254 g/mol. The monoisotopic (exact) mass is 254 g/mol. The molecule has 19 heavy (non-hydrogen) atoms. The summed E-state index contributed by atoms with van der Waals surface area (Å²) in [4.78, 5) is 12.4. The number of aryl methyl sites for hydroxylation is 2. The standard InChI is InChI=1S/C17H18O2/c1-4-13-6-5-7-14(11-13)17(18)15-8-9-16(19-3)12(2)10-15/h5-11H,4H2,1-3H3. The molecule has 0 bridgehead atoms. The Morgan fingerprint density at radius 2 is 1.84 bits per heavy atom. The van der Waals surface area contributed by atoms with Gasteiger partial charge in [-0.05, 0) is 48.7 Å². The van der Waals surface area contributed by atoms with Gasteiger partial charge in [-0.1, -0.05) is 25.1 Å². The maximum absolute atomic E-state index is 12.4. The van der Waals surface area contributed by atoms with E-state index in [1.54, 1.807) is 7.11 Å². The van der Waals surface area contributed by atoms with Crippen LogP contribution in [0.4, 0.5) is 0 Å². The minimum Gasteiger partial charge on any atom is -0.496 e. The van der Waals surface area contributed by atoms with Gasteiger partial charge in [0, 0.05) is 11.1 Å². The summed E-state index contributed by atoms with van der Waals surface area (Å²) in [6, 6.07) is 13.3. The van der Waals surface area contributed by atoms with Gasteiger partial charge in [0.15, 0.2) is 5.78 Å². The van der Waals surface area contributed by atoms with Crippen LogP contribution in [0.1, 0.15) is 34.0 Å². The molecule has 0 saturated heterocycles. The van der Waals surface area contributed by atoms with Crippen molar-refractivity contribution in [3.8, 4) is 5.75 Å². The van der Waals surface area contributed by atoms with Crippen molar-refractivity contribution < 1.29 is 9.53 Å². The first-order chi connectivity index (χ1) is 9.15. The van der Waals surface area contributed by atoms with E-state index in [9.17, 15) is 4.79 Å². The van der Waals surface area contributed by atoms with Crippen molar-refractivity contribution in [2.45, 2.75) is 20.3 Å². The van der Waals surface area contributed by atoms with E-state index >= 15 is 0 Å². The van der Waals surface area contributed by atoms with Crippen molar-refractivity contribution >= 4 is 5.78 Å². The fraction of sp³-hybridized carbons (Fsp3) is 0.235. The number of ether oxygens (including phenoxy) is 1. The van der Waals surface area contributed by atoms with Crippen LogP contribution in [0, 0.1) is 6.92 Å². The van der Waals surface area contributed by atoms with Crippen LogP contribution in [0.5, 0.6) is 5.75 Å². The largest absolute Gasteiger partial charge is 0.496 e. The van der Waals surface area contributed by atoms with Gasteiger partial charge in [0.25, 0.3) is 0 Å². The Labute approximate surface area is 114 Å². The third-order valence-electron chi connectivity index (χ3n) is 3.25. The first kappa shape index (κ1) is 13.3. The molecule has 0 heterocycles. The normalized spacial score (nSPS) is 10.3. The highest BCUT2D eigenvalue weighted by atomic mass is 16.5. The van der Waals surface area contributed by atoms with Gasteiger partial charge in [0.1, 0.15) is 5.75 Å². The highest BCUT2D eigenvalue weighted by Gasteiger charge is 2.11. The Balaban J connectivity index is 2.35. The zero-order valence-corrected chi connectivity index (χ0v) is 11.6. The summed E-state index contributed by atoms with van der Waals surface area (Å²) in [5.41, 5.74) is 3.59. The molecule has 0 atom stereocenters. The van der Waals surface area contributed by atoms with Gasteiger partial charge in [-0.3, -0.25) is 4.79 Å². The Morgan fingerprint density at radius 3 is 2.47 bits per heavy atom. The van der Waals surface area contributed by atoms with Gasteiger partial charge in [-0.15, -0.1) is 0 Å². The lowest BCUT2D eigenvalue weighted by molar-refractivity contribution is 0.103. The fourth-order valence-corrected chi connectivity index (χ4v) is 2.12. The number of rotatable bonds is 4. The lowest BCUT2D eigenvalue weighted by atomic mass is 9.99. The van der Waals surface area contributed by atoms with E-state index in [1.165, 1.54) is 5.56 Å². The van der Waals surface area contributed by atoms with E-state index in [4.69, 9.17) is 4.74 Å². The predicted molar refractivity (Wildman–Crippen MR) is 77.0 cm³/mol. The molecule has 0 saturated carbocycles. The zero-order valence-electron chi connectivity index (χ0n) is 11.6. The van der Waals surface area contributed by atoms with Crippen molar-refractivity contribution in [2.24, 2.45) is 0 Å². The van der Waals surface area contributed by atoms with Crippen molar-refractivity contribution in [1.29, 1.82) is 0 Å². The summed E-state index contributed by atoms with van der Waals surface area (Å²) in [5, 5.41) is 0. The highest BCUT2D eigenvalue weighted by Crippen LogP contribution is 2.20. The van der Waals surface area contributed by atoms with Crippen molar-refractivity contribution in [3.05, 3.63) is 64.7 Å². The molecule has 2 heteroatoms. The van der Waals surface area contributed by atoms with Gasteiger partial charge in [0.2, 0.25) is 0 Å². The van der Waals surface area contributed by atoms with Crippen LogP contribution in [0.15, 0.2) is 42.5 Å². The second-order valence-corrected chi connectivity index (χ2v) is 4.57. The van der Waals surface area contributed by atoms with Crippen molar-refractivity contribution in [2.75, 3.05) is 7.11 Å². The van der Waals surface area contributed by atoms with Gasteiger partial charge >= 0.3 is 0 Å². The van der Waals surface area contributed by atoms with E-state index < -0.39 is 0 Å². The van der Waals surface area contributed by atoms with Crippen LogP contribution >= 0.6 is 0 Å². The first-order valence-electron chi connectivity index (χ1n) is 6.44. The van der Waals surface area contributed by atoms with Crippen LogP contribution in [0.2, 0.25) is 0 Å². The van der Waals surface area contributed by atoms with Crippen molar-refractivity contribution in [1.82, 2.24) is 0 Å². The smallest absolute Gasteiger partial charge is 0.193 e. The second kappa shape index (κ2) is 5.70. The Bertz CT molecular complexity index is 600. The number of hydrogen-bond acceptors (Lipinski definition) is 2. The molecular formula is C17H18O2. The molecule has 0 unspecified atom stereocenters. The quantitative estimate of drug-likeness (QED) is 0.776. The molecule has 98 valence electrons. The van der Waals surface area contributed by atoms with Crippen LogP contribution in [0.25, 0.3) is 0 Å². The van der Waals surface area contributed by atoms with Crippen LogP contribution in [-0.4, -0.2) is 12.9 Å². The number of benzene rings is 2. The van der Waals surface area contributed by atoms with E-state index in [2.05, 4.69) is 6.92 Å². The lowest BCUT2D eigenvalue weighted by Gasteiger charge is -2.07. The summed E-state index contributed by atoms with van der Waals surface area (Å²) in [7, 11) is 1.63. The summed E-state index contributed by atoms with van der Waals surface area (Å²) >= 11 is 0. The van der Waals surface area contributed by atoms with Gasteiger partial charge in [-0.25, -0.2) is 0 Å². The average Bonchev–Trinajstić information content (AvgIpc) is 2.46. The number of hydrogen-bond donors (Lipinski definition) is 0. The van der Waals surface area contributed by atoms with E-state index in [1.807, 2.05) is 49.4 Å². The number of methoxy groups -OCH3 is 1. The minimum absolute atomic E-state index is 0.0565. The van der Waals surface area contributed by atoms with Gasteiger partial charge < -0.3 is 4.74 Å². The molecule has 0 N–H and O–H groups in total. The summed E-state index contributed by atoms with van der Waals surface area (Å²) in [6.07, 6.45) is 0.933. The molecule has 0 radical (unpaired) electrons. The first-order valence-corrected chi connectivity index (χ1v) is 6.44. The summed E-state index contributed by atoms with van der Waals surface area (Å²) in [5.74, 6) is 0.861. The fourth-order valence-electron chi connectivity index (χ4n) is 2.12. The van der Waals surface area contributed by atoms with Crippen LogP contribution < -0.4 is 4.74 Å². The van der Waals surface area contributed by atoms with E-state index in [-0.39, 0.29) is 5.78 Å². The van der Waals surface area contributed by atoms with E-state index in [0.29, 0.717) is 5.56 Å². The Hall–Kier alpha value is -2.09. The molecule has 0 aliphatic heterocycles. The molecule has 0 aromatic heterocycles. The molecule has 0 aliphatic rings.